The second-order valence-corrected chi connectivity index (χ2v) is 10.0. The van der Waals surface area contributed by atoms with Crippen molar-refractivity contribution in [3.8, 4) is 22.8 Å². The fourth-order valence-electron chi connectivity index (χ4n) is 4.99. The first-order chi connectivity index (χ1) is 16.2. The van der Waals surface area contributed by atoms with Crippen LogP contribution in [0.3, 0.4) is 0 Å². The molecule has 34 heavy (non-hydrogen) atoms. The Kier molecular flexibility index (Phi) is 8.35. The summed E-state index contributed by atoms with van der Waals surface area (Å²) >= 11 is 1.92. The zero-order valence-electron chi connectivity index (χ0n) is 20.1. The van der Waals surface area contributed by atoms with Gasteiger partial charge in [0.25, 0.3) is 0 Å². The molecule has 0 amide bonds. The normalized spacial score (nSPS) is 15.3. The number of ether oxygens (including phenoxy) is 2. The first-order valence-electron chi connectivity index (χ1n) is 12.0. The Morgan fingerprint density at radius 2 is 1.76 bits per heavy atom. The van der Waals surface area contributed by atoms with Crippen molar-refractivity contribution in [2.24, 2.45) is 0 Å². The molecule has 2 heterocycles. The van der Waals surface area contributed by atoms with Crippen LogP contribution in [-0.4, -0.2) is 56.8 Å². The maximum absolute atomic E-state index is 5.54. The molecule has 0 saturated carbocycles. The number of aromatic nitrogens is 1. The average Bonchev–Trinajstić information content (AvgIpc) is 3.30. The number of thiazole rings is 1. The van der Waals surface area contributed by atoms with Crippen LogP contribution in [0.2, 0.25) is 0 Å². The molecule has 5 nitrogen and oxygen atoms in total. The van der Waals surface area contributed by atoms with Crippen LogP contribution in [0.15, 0.2) is 42.5 Å². The third-order valence-corrected chi connectivity index (χ3v) is 8.02. The van der Waals surface area contributed by atoms with Crippen LogP contribution in [0.5, 0.6) is 11.5 Å². The van der Waals surface area contributed by atoms with Gasteiger partial charge in [0, 0.05) is 36.6 Å². The van der Waals surface area contributed by atoms with Gasteiger partial charge in [0.15, 0.2) is 0 Å². The molecule has 2 aliphatic rings. The Morgan fingerprint density at radius 3 is 2.56 bits per heavy atom. The monoisotopic (exact) mass is 499 g/mol. The Labute approximate surface area is 213 Å². The summed E-state index contributed by atoms with van der Waals surface area (Å²) in [4.78, 5) is 11.5. The molecule has 182 valence electrons. The van der Waals surface area contributed by atoms with E-state index in [2.05, 4.69) is 40.1 Å². The van der Waals surface area contributed by atoms with Gasteiger partial charge in [-0.1, -0.05) is 12.1 Å². The van der Waals surface area contributed by atoms with Gasteiger partial charge in [-0.2, -0.15) is 0 Å². The number of halogens is 1. The Balaban J connectivity index is 0.00000274. The lowest BCUT2D eigenvalue weighted by Gasteiger charge is -2.36. The van der Waals surface area contributed by atoms with Gasteiger partial charge in [-0.05, 0) is 74.5 Å². The number of methoxy groups -OCH3 is 2. The van der Waals surface area contributed by atoms with Crippen molar-refractivity contribution in [3.05, 3.63) is 57.9 Å². The second kappa shape index (κ2) is 11.4. The molecule has 0 N–H and O–H groups in total. The van der Waals surface area contributed by atoms with Gasteiger partial charge in [0.05, 0.1) is 30.6 Å². The van der Waals surface area contributed by atoms with E-state index in [9.17, 15) is 0 Å². The minimum absolute atomic E-state index is 0. The van der Waals surface area contributed by atoms with Gasteiger partial charge in [-0.15, -0.1) is 23.7 Å². The van der Waals surface area contributed by atoms with Crippen LogP contribution < -0.4 is 14.4 Å². The Morgan fingerprint density at radius 1 is 0.941 bits per heavy atom. The van der Waals surface area contributed by atoms with E-state index in [1.165, 1.54) is 51.8 Å². The van der Waals surface area contributed by atoms with E-state index in [1.54, 1.807) is 14.2 Å². The van der Waals surface area contributed by atoms with E-state index in [4.69, 9.17) is 14.5 Å². The standard InChI is InChI=1S/C27H33N3O2S.ClH/c1-31-21-11-12-22-20(19-21)10-13-25-27(22)28-26(33-25)9-5-6-14-29-15-17-30(18-16-29)23-7-3-4-8-24(23)32-2;/h3-4,7-8,11-12,19H,5-6,9-10,13-18H2,1-2H3;1H. The summed E-state index contributed by atoms with van der Waals surface area (Å²) < 4.78 is 10.9. The molecule has 7 heteroatoms. The number of aryl methyl sites for hydroxylation is 3. The number of hydrogen-bond donors (Lipinski definition) is 0. The highest BCUT2D eigenvalue weighted by molar-refractivity contribution is 7.12. The zero-order chi connectivity index (χ0) is 22.6. The number of nitrogens with zero attached hydrogens (tertiary/aromatic N) is 3. The SMILES string of the molecule is COc1ccc2c(c1)CCc1sc(CCCCN3CCN(c4ccccc4OC)CC3)nc1-2.Cl. The van der Waals surface area contributed by atoms with Crippen molar-refractivity contribution in [1.29, 1.82) is 0 Å². The van der Waals surface area contributed by atoms with Gasteiger partial charge >= 0.3 is 0 Å². The molecule has 0 unspecified atom stereocenters. The number of para-hydroxylation sites is 2. The minimum atomic E-state index is 0. The molecule has 0 bridgehead atoms. The van der Waals surface area contributed by atoms with Crippen LogP contribution >= 0.6 is 23.7 Å². The largest absolute Gasteiger partial charge is 0.497 e. The molecule has 1 aliphatic heterocycles. The van der Waals surface area contributed by atoms with Crippen LogP contribution in [0.1, 0.15) is 28.3 Å². The highest BCUT2D eigenvalue weighted by atomic mass is 35.5. The van der Waals surface area contributed by atoms with Crippen LogP contribution in [0.4, 0.5) is 5.69 Å². The summed E-state index contributed by atoms with van der Waals surface area (Å²) in [5, 5.41) is 1.30. The summed E-state index contributed by atoms with van der Waals surface area (Å²) in [5.74, 6) is 1.91. The lowest BCUT2D eigenvalue weighted by Crippen LogP contribution is -2.46. The second-order valence-electron chi connectivity index (χ2n) is 8.86. The summed E-state index contributed by atoms with van der Waals surface area (Å²) in [7, 11) is 3.49. The number of benzene rings is 2. The fraction of sp³-hybridized carbons (Fsp3) is 0.444. The topological polar surface area (TPSA) is 37.8 Å². The third kappa shape index (κ3) is 5.35. The number of anilines is 1. The molecule has 1 fully saturated rings. The summed E-state index contributed by atoms with van der Waals surface area (Å²) in [6.45, 7) is 5.52. The fourth-order valence-corrected chi connectivity index (χ4v) is 6.11. The number of hydrogen-bond acceptors (Lipinski definition) is 6. The van der Waals surface area contributed by atoms with Crippen molar-refractivity contribution in [2.45, 2.75) is 32.1 Å². The summed E-state index contributed by atoms with van der Waals surface area (Å²) in [6.07, 6.45) is 5.71. The van der Waals surface area contributed by atoms with Crippen molar-refractivity contribution in [1.82, 2.24) is 9.88 Å². The number of piperazine rings is 1. The van der Waals surface area contributed by atoms with E-state index in [-0.39, 0.29) is 12.4 Å². The first kappa shape index (κ1) is 24.8. The van der Waals surface area contributed by atoms with Crippen molar-refractivity contribution < 1.29 is 9.47 Å². The number of unbranched alkanes of at least 4 members (excludes halogenated alkanes) is 1. The first-order valence-corrected chi connectivity index (χ1v) is 12.8. The summed E-state index contributed by atoms with van der Waals surface area (Å²) in [6, 6.07) is 14.7. The van der Waals surface area contributed by atoms with Crippen LogP contribution in [-0.2, 0) is 19.3 Å². The van der Waals surface area contributed by atoms with Crippen molar-refractivity contribution in [3.63, 3.8) is 0 Å². The van der Waals surface area contributed by atoms with Crippen molar-refractivity contribution >= 4 is 29.4 Å². The highest BCUT2D eigenvalue weighted by Gasteiger charge is 2.22. The maximum atomic E-state index is 5.54. The molecule has 0 atom stereocenters. The summed E-state index contributed by atoms with van der Waals surface area (Å²) in [5.41, 5.74) is 5.09. The van der Waals surface area contributed by atoms with Gasteiger partial charge in [-0.3, -0.25) is 4.90 Å². The Bertz CT molecular complexity index is 1100. The van der Waals surface area contributed by atoms with Crippen LogP contribution in [0.25, 0.3) is 11.3 Å². The number of fused-ring (bicyclic) bond motifs is 3. The van der Waals surface area contributed by atoms with Gasteiger partial charge < -0.3 is 14.4 Å². The minimum Gasteiger partial charge on any atom is -0.497 e. The molecule has 1 saturated heterocycles. The third-order valence-electron chi connectivity index (χ3n) is 6.84. The van der Waals surface area contributed by atoms with E-state index in [1.807, 2.05) is 23.5 Å². The molecule has 5 rings (SSSR count). The molecule has 0 radical (unpaired) electrons. The molecule has 1 aliphatic carbocycles. The predicted molar refractivity (Wildman–Crippen MR) is 143 cm³/mol. The average molecular weight is 500 g/mol. The molecule has 3 aromatic rings. The zero-order valence-corrected chi connectivity index (χ0v) is 21.7. The van der Waals surface area contributed by atoms with E-state index < -0.39 is 0 Å². The van der Waals surface area contributed by atoms with E-state index in [0.717, 1.165) is 56.9 Å². The molecular formula is C27H34ClN3O2S. The maximum Gasteiger partial charge on any atom is 0.142 e. The smallest absolute Gasteiger partial charge is 0.142 e. The van der Waals surface area contributed by atoms with Crippen molar-refractivity contribution in [2.75, 3.05) is 51.8 Å². The van der Waals surface area contributed by atoms with Crippen LogP contribution in [0, 0.1) is 0 Å². The van der Waals surface area contributed by atoms with Gasteiger partial charge in [0.2, 0.25) is 0 Å². The van der Waals surface area contributed by atoms with E-state index in [0.29, 0.717) is 0 Å². The number of rotatable bonds is 8. The van der Waals surface area contributed by atoms with Gasteiger partial charge in [0.1, 0.15) is 11.5 Å². The highest BCUT2D eigenvalue weighted by Crippen LogP contribution is 2.38. The quantitative estimate of drug-likeness (QED) is 0.383. The molecule has 1 aromatic heterocycles. The lowest BCUT2D eigenvalue weighted by molar-refractivity contribution is 0.252. The van der Waals surface area contributed by atoms with E-state index >= 15 is 0 Å². The molecule has 0 spiro atoms. The predicted octanol–water partition coefficient (Wildman–Crippen LogP) is 5.49. The van der Waals surface area contributed by atoms with Gasteiger partial charge in [-0.25, -0.2) is 4.98 Å². The molecule has 2 aromatic carbocycles. The molecular weight excluding hydrogens is 466 g/mol. The Hall–Kier alpha value is -2.28. The lowest BCUT2D eigenvalue weighted by atomic mass is 9.93.